The maximum absolute atomic E-state index is 15.4. The maximum Gasteiger partial charge on any atom is 0.322 e. The van der Waals surface area contributed by atoms with Gasteiger partial charge in [-0.25, -0.2) is 9.52 Å². The van der Waals surface area contributed by atoms with Crippen LogP contribution in [0.25, 0.3) is 22.2 Å². The fraction of sp³-hybridized carbons (Fsp3) is 0.463. The number of benzene rings is 3. The predicted molar refractivity (Wildman–Crippen MR) is 204 cm³/mol. The second-order valence-electron chi connectivity index (χ2n) is 15.9. The quantitative estimate of drug-likeness (QED) is 0.222. The number of carbonyl (C=O) groups excluding carboxylic acids is 2. The van der Waals surface area contributed by atoms with Crippen LogP contribution in [0, 0.1) is 5.41 Å². The van der Waals surface area contributed by atoms with Crippen LogP contribution < -0.4 is 19.5 Å². The first-order valence-electron chi connectivity index (χ1n) is 18.7. The standard InChI is InChI=1S/C41H49N5O6S/c1-44(2)53(49,50)43-39(47)28-13-17-32-36(21-28)45-25-41(40(48)46(3)20-19-42-35(24-46)26-11-14-29(51-4)15-12-26)23-34(41)33-22-30(52-5)16-18-31(33)38(45)37(32)27-9-7-6-8-10-27/h11-18,21-22,27,34-35,42H,6-10,19-20,23-25H2,1-5H3/p+1. The Bertz CT molecular complexity index is 2210. The van der Waals surface area contributed by atoms with Gasteiger partial charge in [-0.15, -0.1) is 0 Å². The van der Waals surface area contributed by atoms with E-state index in [4.69, 9.17) is 9.47 Å². The van der Waals surface area contributed by atoms with Gasteiger partial charge in [-0.1, -0.05) is 37.5 Å². The minimum Gasteiger partial charge on any atom is -0.497 e. The number of quaternary nitrogens is 1. The third-order valence-corrected chi connectivity index (χ3v) is 13.9. The average Bonchev–Trinajstić information content (AvgIpc) is 3.83. The van der Waals surface area contributed by atoms with Crippen LogP contribution in [0.4, 0.5) is 0 Å². The van der Waals surface area contributed by atoms with Gasteiger partial charge < -0.3 is 14.0 Å². The topological polar surface area (TPSA) is 119 Å². The molecule has 0 spiro atoms. The van der Waals surface area contributed by atoms with E-state index in [0.29, 0.717) is 36.6 Å². The summed E-state index contributed by atoms with van der Waals surface area (Å²) >= 11 is 0. The maximum atomic E-state index is 15.4. The third-order valence-electron chi connectivity index (χ3n) is 12.5. The molecular weight excluding hydrogens is 691 g/mol. The number of amides is 2. The molecule has 4 unspecified atom stereocenters. The summed E-state index contributed by atoms with van der Waals surface area (Å²) in [5.41, 5.74) is 6.20. The molecule has 3 heterocycles. The Morgan fingerprint density at radius 3 is 2.38 bits per heavy atom. The molecule has 2 saturated carbocycles. The van der Waals surface area contributed by atoms with Crippen molar-refractivity contribution < 1.29 is 32.0 Å². The number of nitrogens with zero attached hydrogens (tertiary/aromatic N) is 3. The third kappa shape index (κ3) is 6.04. The number of carbonyl (C=O) groups is 2. The number of fused-ring (bicyclic) bond motifs is 7. The number of rotatable bonds is 8. The Balaban J connectivity index is 1.27. The van der Waals surface area contributed by atoms with Gasteiger partial charge in [0, 0.05) is 55.1 Å². The van der Waals surface area contributed by atoms with Crippen LogP contribution in [0.15, 0.2) is 60.7 Å². The normalized spacial score (nSPS) is 25.5. The number of methoxy groups -OCH3 is 2. The van der Waals surface area contributed by atoms with Crippen molar-refractivity contribution in [1.82, 2.24) is 18.9 Å². The highest BCUT2D eigenvalue weighted by Gasteiger charge is 2.68. The van der Waals surface area contributed by atoms with Crippen LogP contribution in [-0.4, -0.2) is 88.6 Å². The van der Waals surface area contributed by atoms with E-state index >= 15 is 4.79 Å². The van der Waals surface area contributed by atoms with Gasteiger partial charge in [-0.2, -0.15) is 12.7 Å². The number of hydrogen-bond donors (Lipinski definition) is 2. The van der Waals surface area contributed by atoms with Gasteiger partial charge in [-0.3, -0.25) is 14.6 Å². The van der Waals surface area contributed by atoms with E-state index in [9.17, 15) is 13.2 Å². The number of nitrogens with one attached hydrogen (secondary N) is 2. The molecule has 0 radical (unpaired) electrons. The van der Waals surface area contributed by atoms with Crippen molar-refractivity contribution in [2.24, 2.45) is 5.41 Å². The summed E-state index contributed by atoms with van der Waals surface area (Å²) in [6.45, 7) is 2.49. The molecule has 2 amide bonds. The minimum absolute atomic E-state index is 0.00948. The molecule has 1 saturated heterocycles. The van der Waals surface area contributed by atoms with Crippen molar-refractivity contribution in [3.8, 4) is 22.8 Å². The van der Waals surface area contributed by atoms with Crippen molar-refractivity contribution in [3.05, 3.63) is 82.9 Å². The molecule has 4 aromatic rings. The molecule has 53 heavy (non-hydrogen) atoms. The number of likely N-dealkylation sites (N-methyl/N-ethyl adjacent to an activating group) is 1. The molecule has 2 N–H and O–H groups in total. The zero-order chi connectivity index (χ0) is 37.3. The highest BCUT2D eigenvalue weighted by atomic mass is 32.2. The van der Waals surface area contributed by atoms with E-state index in [2.05, 4.69) is 45.9 Å². The zero-order valence-electron chi connectivity index (χ0n) is 31.3. The fourth-order valence-electron chi connectivity index (χ4n) is 9.52. The van der Waals surface area contributed by atoms with Gasteiger partial charge in [-0.05, 0) is 84.3 Å². The molecule has 8 rings (SSSR count). The van der Waals surface area contributed by atoms with Crippen LogP contribution in [0.5, 0.6) is 11.5 Å². The molecule has 0 bridgehead atoms. The average molecular weight is 741 g/mol. The van der Waals surface area contributed by atoms with Crippen molar-refractivity contribution >= 4 is 32.9 Å². The van der Waals surface area contributed by atoms with E-state index in [0.717, 1.165) is 81.2 Å². The summed E-state index contributed by atoms with van der Waals surface area (Å²) < 4.78 is 42.3. The van der Waals surface area contributed by atoms with Gasteiger partial charge in [0.1, 0.15) is 23.5 Å². The second-order valence-corrected chi connectivity index (χ2v) is 17.8. The summed E-state index contributed by atoms with van der Waals surface area (Å²) in [5.74, 6) is 1.45. The lowest BCUT2D eigenvalue weighted by Gasteiger charge is -2.42. The van der Waals surface area contributed by atoms with Crippen molar-refractivity contribution in [3.63, 3.8) is 0 Å². The predicted octanol–water partition coefficient (Wildman–Crippen LogP) is 5.71. The van der Waals surface area contributed by atoms with Crippen molar-refractivity contribution in [1.29, 1.82) is 0 Å². The molecule has 2 aliphatic heterocycles. The fourth-order valence-corrected chi connectivity index (χ4v) is 10.1. The lowest BCUT2D eigenvalue weighted by atomic mass is 9.81. The van der Waals surface area contributed by atoms with Gasteiger partial charge in [0.2, 0.25) is 0 Å². The molecular formula is C41H50N5O6S+. The van der Waals surface area contributed by atoms with E-state index in [1.165, 1.54) is 26.1 Å². The molecule has 280 valence electrons. The lowest BCUT2D eigenvalue weighted by Crippen LogP contribution is -2.62. The number of ether oxygens (including phenoxy) is 2. The Morgan fingerprint density at radius 1 is 0.962 bits per heavy atom. The molecule has 3 fully saturated rings. The Labute approximate surface area is 312 Å². The monoisotopic (exact) mass is 740 g/mol. The summed E-state index contributed by atoms with van der Waals surface area (Å²) in [5, 5.41) is 4.72. The molecule has 11 nitrogen and oxygen atoms in total. The summed E-state index contributed by atoms with van der Waals surface area (Å²) in [7, 11) is 4.22. The SMILES string of the molecule is COc1ccc(C2C[N+](C)(C(=O)C34CC3c3cc(OC)ccc3-c3c(C5CCCCC5)c5ccc(C(=O)NS(=O)(=O)N(C)C)cc5n3C4)CCN2)cc1. The smallest absolute Gasteiger partial charge is 0.322 e. The molecule has 12 heteroatoms. The zero-order valence-corrected chi connectivity index (χ0v) is 32.1. The van der Waals surface area contributed by atoms with E-state index in [1.54, 1.807) is 20.3 Å². The second kappa shape index (κ2) is 13.3. The first kappa shape index (κ1) is 35.8. The minimum atomic E-state index is -3.99. The Kier molecular flexibility index (Phi) is 8.95. The van der Waals surface area contributed by atoms with E-state index in [1.807, 2.05) is 30.3 Å². The van der Waals surface area contributed by atoms with E-state index in [-0.39, 0.29) is 23.4 Å². The molecule has 1 aromatic heterocycles. The van der Waals surface area contributed by atoms with Crippen molar-refractivity contribution in [2.45, 2.75) is 62.9 Å². The van der Waals surface area contributed by atoms with Crippen LogP contribution in [0.1, 0.15) is 83.5 Å². The van der Waals surface area contributed by atoms with Crippen LogP contribution in [-0.2, 0) is 21.5 Å². The number of hydrogen-bond acceptors (Lipinski definition) is 7. The highest BCUT2D eigenvalue weighted by Crippen LogP contribution is 2.66. The van der Waals surface area contributed by atoms with Crippen LogP contribution >= 0.6 is 0 Å². The van der Waals surface area contributed by atoms with E-state index < -0.39 is 21.5 Å². The van der Waals surface area contributed by atoms with Crippen molar-refractivity contribution in [2.75, 3.05) is 55.0 Å². The molecule has 2 aliphatic carbocycles. The first-order chi connectivity index (χ1) is 25.4. The molecule has 4 atom stereocenters. The van der Waals surface area contributed by atoms with Gasteiger partial charge in [0.25, 0.3) is 5.91 Å². The van der Waals surface area contributed by atoms with Crippen LogP contribution in [0.2, 0.25) is 0 Å². The van der Waals surface area contributed by atoms with Crippen LogP contribution in [0.3, 0.4) is 0 Å². The summed E-state index contributed by atoms with van der Waals surface area (Å²) in [4.78, 5) is 28.9. The highest BCUT2D eigenvalue weighted by molar-refractivity contribution is 7.87. The molecule has 3 aromatic carbocycles. The number of piperazine rings is 1. The summed E-state index contributed by atoms with van der Waals surface area (Å²) in [6, 6.07) is 20.0. The Morgan fingerprint density at radius 2 is 1.68 bits per heavy atom. The van der Waals surface area contributed by atoms with Gasteiger partial charge >= 0.3 is 16.1 Å². The largest absolute Gasteiger partial charge is 0.497 e. The molecule has 4 aliphatic rings. The van der Waals surface area contributed by atoms with Gasteiger partial charge in [0.05, 0.1) is 39.5 Å². The lowest BCUT2D eigenvalue weighted by molar-refractivity contribution is -0.843. The Hall–Kier alpha value is -4.23. The first-order valence-corrected chi connectivity index (χ1v) is 20.2. The number of aromatic nitrogens is 1. The van der Waals surface area contributed by atoms with Gasteiger partial charge in [0.15, 0.2) is 0 Å². The summed E-state index contributed by atoms with van der Waals surface area (Å²) in [6.07, 6.45) is 6.39.